The maximum Gasteiger partial charge on any atom is 0.311 e. The van der Waals surface area contributed by atoms with Crippen LogP contribution in [-0.4, -0.2) is 11.8 Å². The number of rotatable bonds is 11. The third-order valence-corrected chi connectivity index (χ3v) is 5.08. The van der Waals surface area contributed by atoms with Crippen molar-refractivity contribution in [2.24, 2.45) is 0 Å². The third kappa shape index (κ3) is 6.64. The van der Waals surface area contributed by atoms with Gasteiger partial charge in [-0.15, -0.1) is 6.58 Å². The van der Waals surface area contributed by atoms with Gasteiger partial charge in [0, 0.05) is 6.42 Å². The zero-order valence-electron chi connectivity index (χ0n) is 17.6. The van der Waals surface area contributed by atoms with E-state index in [4.69, 9.17) is 9.47 Å². The van der Waals surface area contributed by atoms with Crippen LogP contribution in [0.3, 0.4) is 0 Å². The Balaban J connectivity index is 1.48. The Hall–Kier alpha value is -3.21. The van der Waals surface area contributed by atoms with E-state index in [0.717, 1.165) is 25.7 Å². The van der Waals surface area contributed by atoms with E-state index in [-0.39, 0.29) is 23.3 Å². The Bertz CT molecular complexity index is 960. The molecule has 0 aromatic heterocycles. The van der Waals surface area contributed by atoms with E-state index in [0.29, 0.717) is 29.0 Å². The molecule has 0 unspecified atom stereocenters. The molecule has 4 nitrogen and oxygen atoms in total. The number of benzene rings is 2. The minimum absolute atomic E-state index is 0.151. The van der Waals surface area contributed by atoms with Gasteiger partial charge in [-0.2, -0.15) is 0 Å². The standard InChI is InChI=1S/C26H27FO4/c1-2-3-4-5-6-7-8-9-10-25(28)30-21-15-16-23-22(18-21)26(29)24(31-23)17-19-11-13-20(27)14-12-19/h2,11-18H,1,3-10H2/b24-17-. The predicted octanol–water partition coefficient (Wildman–Crippen LogP) is 6.65. The number of hydrogen-bond donors (Lipinski definition) is 0. The molecule has 31 heavy (non-hydrogen) atoms. The number of ketones is 1. The Morgan fingerprint density at radius 2 is 1.71 bits per heavy atom. The summed E-state index contributed by atoms with van der Waals surface area (Å²) in [5.74, 6) is -0.0613. The van der Waals surface area contributed by atoms with Gasteiger partial charge in [0.2, 0.25) is 5.78 Å². The van der Waals surface area contributed by atoms with Crippen molar-refractivity contribution >= 4 is 17.8 Å². The predicted molar refractivity (Wildman–Crippen MR) is 119 cm³/mol. The summed E-state index contributed by atoms with van der Waals surface area (Å²) in [6, 6.07) is 10.5. The summed E-state index contributed by atoms with van der Waals surface area (Å²) in [7, 11) is 0. The normalized spacial score (nSPS) is 13.7. The molecule has 0 aliphatic carbocycles. The molecule has 5 heteroatoms. The van der Waals surface area contributed by atoms with Gasteiger partial charge in [0.1, 0.15) is 17.3 Å². The average molecular weight is 422 g/mol. The minimum Gasteiger partial charge on any atom is -0.452 e. The van der Waals surface area contributed by atoms with Gasteiger partial charge < -0.3 is 9.47 Å². The highest BCUT2D eigenvalue weighted by Gasteiger charge is 2.28. The van der Waals surface area contributed by atoms with Gasteiger partial charge in [-0.1, -0.05) is 43.9 Å². The largest absolute Gasteiger partial charge is 0.452 e. The van der Waals surface area contributed by atoms with Crippen LogP contribution < -0.4 is 9.47 Å². The highest BCUT2D eigenvalue weighted by molar-refractivity contribution is 6.14. The van der Waals surface area contributed by atoms with E-state index in [2.05, 4.69) is 6.58 Å². The van der Waals surface area contributed by atoms with Crippen LogP contribution in [0.4, 0.5) is 4.39 Å². The molecule has 0 fully saturated rings. The average Bonchev–Trinajstić information content (AvgIpc) is 3.06. The Morgan fingerprint density at radius 3 is 2.45 bits per heavy atom. The Morgan fingerprint density at radius 1 is 1.00 bits per heavy atom. The molecule has 0 saturated carbocycles. The monoisotopic (exact) mass is 422 g/mol. The number of allylic oxidation sites excluding steroid dienone is 2. The van der Waals surface area contributed by atoms with Gasteiger partial charge in [0.15, 0.2) is 5.76 Å². The molecule has 162 valence electrons. The molecule has 0 spiro atoms. The van der Waals surface area contributed by atoms with E-state index < -0.39 is 0 Å². The SMILES string of the molecule is C=CCCCCCCCCC(=O)Oc1ccc2c(c1)C(=O)/C(=C/c1ccc(F)cc1)O2. The number of Topliss-reactive ketones (excluding diaryl/α,β-unsaturated/α-hetero) is 1. The molecule has 0 bridgehead atoms. The number of hydrogen-bond acceptors (Lipinski definition) is 4. The van der Waals surface area contributed by atoms with Gasteiger partial charge in [0.25, 0.3) is 0 Å². The summed E-state index contributed by atoms with van der Waals surface area (Å²) in [6.07, 6.45) is 11.3. The fraction of sp³-hybridized carbons (Fsp3) is 0.308. The van der Waals surface area contributed by atoms with Crippen LogP contribution in [0.2, 0.25) is 0 Å². The highest BCUT2D eigenvalue weighted by Crippen LogP contribution is 2.34. The number of esters is 1. The molecule has 2 aromatic carbocycles. The molecule has 0 amide bonds. The molecule has 0 saturated heterocycles. The number of ether oxygens (including phenoxy) is 2. The molecule has 0 radical (unpaired) electrons. The molecule has 1 heterocycles. The number of carbonyl (C=O) groups is 2. The summed E-state index contributed by atoms with van der Waals surface area (Å²) >= 11 is 0. The second-order valence-corrected chi connectivity index (χ2v) is 7.57. The lowest BCUT2D eigenvalue weighted by Gasteiger charge is -2.05. The second kappa shape index (κ2) is 11.3. The Labute approximate surface area is 182 Å². The quantitative estimate of drug-likeness (QED) is 0.134. The van der Waals surface area contributed by atoms with E-state index in [9.17, 15) is 14.0 Å². The maximum absolute atomic E-state index is 13.1. The zero-order valence-corrected chi connectivity index (χ0v) is 17.6. The molecule has 2 aromatic rings. The van der Waals surface area contributed by atoms with Gasteiger partial charge in [-0.3, -0.25) is 9.59 Å². The van der Waals surface area contributed by atoms with Crippen molar-refractivity contribution in [3.8, 4) is 11.5 Å². The topological polar surface area (TPSA) is 52.6 Å². The fourth-order valence-corrected chi connectivity index (χ4v) is 3.39. The smallest absolute Gasteiger partial charge is 0.311 e. The summed E-state index contributed by atoms with van der Waals surface area (Å²) < 4.78 is 24.1. The lowest BCUT2D eigenvalue weighted by molar-refractivity contribution is -0.134. The van der Waals surface area contributed by atoms with Crippen molar-refractivity contribution in [1.29, 1.82) is 0 Å². The Kier molecular flexibility index (Phi) is 8.16. The second-order valence-electron chi connectivity index (χ2n) is 7.57. The van der Waals surface area contributed by atoms with Crippen molar-refractivity contribution in [2.45, 2.75) is 51.4 Å². The molecule has 1 aliphatic heterocycles. The summed E-state index contributed by atoms with van der Waals surface area (Å²) in [6.45, 7) is 3.72. The molecule has 0 atom stereocenters. The molecular formula is C26H27FO4. The summed E-state index contributed by atoms with van der Waals surface area (Å²) in [5, 5.41) is 0. The van der Waals surface area contributed by atoms with Crippen LogP contribution in [0.15, 0.2) is 60.9 Å². The summed E-state index contributed by atoms with van der Waals surface area (Å²) in [5.41, 5.74) is 1.00. The van der Waals surface area contributed by atoms with Gasteiger partial charge in [0.05, 0.1) is 5.56 Å². The van der Waals surface area contributed by atoms with Crippen LogP contribution in [0, 0.1) is 5.82 Å². The fourth-order valence-electron chi connectivity index (χ4n) is 3.39. The lowest BCUT2D eigenvalue weighted by Crippen LogP contribution is -2.07. The number of halogens is 1. The third-order valence-electron chi connectivity index (χ3n) is 5.08. The number of fused-ring (bicyclic) bond motifs is 1. The van der Waals surface area contributed by atoms with Crippen LogP contribution in [0.25, 0.3) is 6.08 Å². The van der Waals surface area contributed by atoms with E-state index >= 15 is 0 Å². The van der Waals surface area contributed by atoms with Crippen LogP contribution >= 0.6 is 0 Å². The van der Waals surface area contributed by atoms with E-state index in [1.54, 1.807) is 30.3 Å². The van der Waals surface area contributed by atoms with Crippen LogP contribution in [0.5, 0.6) is 11.5 Å². The zero-order chi connectivity index (χ0) is 22.1. The minimum atomic E-state index is -0.348. The van der Waals surface area contributed by atoms with Crippen LogP contribution in [-0.2, 0) is 4.79 Å². The van der Waals surface area contributed by atoms with Gasteiger partial charge >= 0.3 is 5.97 Å². The molecule has 1 aliphatic rings. The van der Waals surface area contributed by atoms with Gasteiger partial charge in [-0.05, 0) is 61.2 Å². The lowest BCUT2D eigenvalue weighted by atomic mass is 10.1. The molecular weight excluding hydrogens is 395 g/mol. The van der Waals surface area contributed by atoms with Crippen molar-refractivity contribution in [3.05, 3.63) is 77.8 Å². The summed E-state index contributed by atoms with van der Waals surface area (Å²) in [4.78, 5) is 24.7. The van der Waals surface area contributed by atoms with Crippen molar-refractivity contribution in [2.75, 3.05) is 0 Å². The number of unbranched alkanes of at least 4 members (excludes halogenated alkanes) is 6. The van der Waals surface area contributed by atoms with E-state index in [1.165, 1.54) is 37.5 Å². The molecule has 3 rings (SSSR count). The maximum atomic E-state index is 13.1. The number of carbonyl (C=O) groups excluding carboxylic acids is 2. The first-order chi connectivity index (χ1) is 15.1. The van der Waals surface area contributed by atoms with Crippen LogP contribution in [0.1, 0.15) is 67.3 Å². The first kappa shape index (κ1) is 22.5. The van der Waals surface area contributed by atoms with Gasteiger partial charge in [-0.25, -0.2) is 4.39 Å². The van der Waals surface area contributed by atoms with Crippen molar-refractivity contribution < 1.29 is 23.5 Å². The van der Waals surface area contributed by atoms with Crippen molar-refractivity contribution in [3.63, 3.8) is 0 Å². The van der Waals surface area contributed by atoms with Crippen molar-refractivity contribution in [1.82, 2.24) is 0 Å². The highest BCUT2D eigenvalue weighted by atomic mass is 19.1. The first-order valence-electron chi connectivity index (χ1n) is 10.7. The van der Waals surface area contributed by atoms with E-state index in [1.807, 2.05) is 6.08 Å². The molecule has 0 N–H and O–H groups in total. The first-order valence-corrected chi connectivity index (χ1v) is 10.7.